The normalized spacial score (nSPS) is 31.3. The highest BCUT2D eigenvalue weighted by molar-refractivity contribution is 5.87. The van der Waals surface area contributed by atoms with Crippen LogP contribution in [0.5, 0.6) is 0 Å². The predicted molar refractivity (Wildman–Crippen MR) is 73.4 cm³/mol. The standard InChI is InChI=1S/C15H22N2O3/c1-9-8-11(16-17(9)4)14(18)20-13-10-6-5-7-19-12(10)15(13,2)3/h8,10,12-13H,5-7H2,1-4H3. The first-order valence-corrected chi connectivity index (χ1v) is 7.24. The van der Waals surface area contributed by atoms with Gasteiger partial charge in [-0.2, -0.15) is 5.10 Å². The van der Waals surface area contributed by atoms with Crippen LogP contribution in [0.3, 0.4) is 0 Å². The van der Waals surface area contributed by atoms with Gasteiger partial charge in [-0.3, -0.25) is 4.68 Å². The van der Waals surface area contributed by atoms with Gasteiger partial charge < -0.3 is 9.47 Å². The quantitative estimate of drug-likeness (QED) is 0.777. The number of carbonyl (C=O) groups is 1. The molecular formula is C15H22N2O3. The van der Waals surface area contributed by atoms with Crippen LogP contribution in [0.25, 0.3) is 0 Å². The number of rotatable bonds is 2. The van der Waals surface area contributed by atoms with Gasteiger partial charge in [-0.05, 0) is 25.8 Å². The van der Waals surface area contributed by atoms with Crippen LogP contribution >= 0.6 is 0 Å². The molecule has 0 N–H and O–H groups in total. The topological polar surface area (TPSA) is 53.4 Å². The molecule has 1 aromatic rings. The third kappa shape index (κ3) is 1.95. The van der Waals surface area contributed by atoms with E-state index in [1.54, 1.807) is 10.7 Å². The lowest BCUT2D eigenvalue weighted by Crippen LogP contribution is -2.65. The molecule has 1 saturated heterocycles. The Balaban J connectivity index is 1.72. The average Bonchev–Trinajstić information content (AvgIpc) is 2.76. The van der Waals surface area contributed by atoms with Gasteiger partial charge in [-0.25, -0.2) is 4.79 Å². The molecule has 20 heavy (non-hydrogen) atoms. The van der Waals surface area contributed by atoms with Crippen LogP contribution in [0.2, 0.25) is 0 Å². The highest BCUT2D eigenvalue weighted by Gasteiger charge is 2.60. The summed E-state index contributed by atoms with van der Waals surface area (Å²) in [6, 6.07) is 1.77. The summed E-state index contributed by atoms with van der Waals surface area (Å²) in [7, 11) is 1.82. The molecule has 1 aliphatic heterocycles. The molecule has 2 fully saturated rings. The zero-order chi connectivity index (χ0) is 14.5. The molecule has 1 aliphatic carbocycles. The maximum Gasteiger partial charge on any atom is 0.359 e. The van der Waals surface area contributed by atoms with Crippen molar-refractivity contribution in [3.05, 3.63) is 17.5 Å². The van der Waals surface area contributed by atoms with E-state index in [0.29, 0.717) is 11.6 Å². The minimum atomic E-state index is -0.323. The van der Waals surface area contributed by atoms with Crippen LogP contribution in [0.1, 0.15) is 42.9 Å². The summed E-state index contributed by atoms with van der Waals surface area (Å²) < 4.78 is 13.2. The average molecular weight is 278 g/mol. The van der Waals surface area contributed by atoms with Gasteiger partial charge in [0.15, 0.2) is 5.69 Å². The van der Waals surface area contributed by atoms with Crippen LogP contribution in [0.4, 0.5) is 0 Å². The van der Waals surface area contributed by atoms with Crippen molar-refractivity contribution < 1.29 is 14.3 Å². The minimum absolute atomic E-state index is 0.0670. The Morgan fingerprint density at radius 2 is 2.30 bits per heavy atom. The third-order valence-corrected chi connectivity index (χ3v) is 4.78. The number of ether oxygens (including phenoxy) is 2. The first kappa shape index (κ1) is 13.6. The van der Waals surface area contributed by atoms with E-state index in [2.05, 4.69) is 18.9 Å². The fourth-order valence-electron chi connectivity index (χ4n) is 3.55. The molecule has 3 rings (SSSR count). The Kier molecular flexibility index (Phi) is 3.12. The van der Waals surface area contributed by atoms with Crippen molar-refractivity contribution in [2.75, 3.05) is 6.61 Å². The molecule has 2 heterocycles. The Labute approximate surface area is 119 Å². The minimum Gasteiger partial charge on any atom is -0.457 e. The molecule has 0 spiro atoms. The molecule has 1 saturated carbocycles. The van der Waals surface area contributed by atoms with E-state index in [-0.39, 0.29) is 23.6 Å². The molecule has 5 nitrogen and oxygen atoms in total. The number of esters is 1. The number of fused-ring (bicyclic) bond motifs is 1. The zero-order valence-electron chi connectivity index (χ0n) is 12.5. The Morgan fingerprint density at radius 3 is 2.95 bits per heavy atom. The van der Waals surface area contributed by atoms with Crippen LogP contribution < -0.4 is 0 Å². The van der Waals surface area contributed by atoms with Gasteiger partial charge in [-0.1, -0.05) is 13.8 Å². The van der Waals surface area contributed by atoms with Gasteiger partial charge >= 0.3 is 5.97 Å². The smallest absolute Gasteiger partial charge is 0.359 e. The van der Waals surface area contributed by atoms with Crippen LogP contribution in [-0.2, 0) is 16.5 Å². The van der Waals surface area contributed by atoms with E-state index in [0.717, 1.165) is 25.1 Å². The predicted octanol–water partition coefficient (Wildman–Crippen LogP) is 2.09. The van der Waals surface area contributed by atoms with Gasteiger partial charge in [0.25, 0.3) is 0 Å². The maximum atomic E-state index is 12.2. The van der Waals surface area contributed by atoms with Gasteiger partial charge in [0, 0.05) is 30.7 Å². The molecule has 110 valence electrons. The second-order valence-corrected chi connectivity index (χ2v) is 6.54. The zero-order valence-corrected chi connectivity index (χ0v) is 12.5. The van der Waals surface area contributed by atoms with Gasteiger partial charge in [0.2, 0.25) is 0 Å². The molecule has 2 aliphatic rings. The van der Waals surface area contributed by atoms with Crippen molar-refractivity contribution in [2.45, 2.75) is 45.8 Å². The lowest BCUT2D eigenvalue weighted by atomic mass is 9.57. The van der Waals surface area contributed by atoms with E-state index in [1.165, 1.54) is 0 Å². The maximum absolute atomic E-state index is 12.2. The number of aryl methyl sites for hydroxylation is 2. The Morgan fingerprint density at radius 1 is 1.55 bits per heavy atom. The second kappa shape index (κ2) is 4.58. The summed E-state index contributed by atoms with van der Waals surface area (Å²) in [5.41, 5.74) is 1.23. The summed E-state index contributed by atoms with van der Waals surface area (Å²) in [6.45, 7) is 6.97. The van der Waals surface area contributed by atoms with Gasteiger partial charge in [-0.15, -0.1) is 0 Å². The summed E-state index contributed by atoms with van der Waals surface area (Å²) >= 11 is 0. The van der Waals surface area contributed by atoms with Crippen molar-refractivity contribution in [3.63, 3.8) is 0 Å². The summed E-state index contributed by atoms with van der Waals surface area (Å²) in [4.78, 5) is 12.2. The van der Waals surface area contributed by atoms with Gasteiger partial charge in [0.1, 0.15) is 6.10 Å². The van der Waals surface area contributed by atoms with Crippen molar-refractivity contribution in [3.8, 4) is 0 Å². The third-order valence-electron chi connectivity index (χ3n) is 4.78. The molecule has 0 radical (unpaired) electrons. The lowest BCUT2D eigenvalue weighted by Gasteiger charge is -2.58. The Hall–Kier alpha value is -1.36. The molecular weight excluding hydrogens is 256 g/mol. The van der Waals surface area contributed by atoms with E-state index in [4.69, 9.17) is 9.47 Å². The SMILES string of the molecule is Cc1cc(C(=O)OC2C3CCCOC3C2(C)C)nn1C. The van der Waals surface area contributed by atoms with Crippen molar-refractivity contribution in [1.82, 2.24) is 9.78 Å². The molecule has 1 aromatic heterocycles. The molecule has 0 bridgehead atoms. The first-order chi connectivity index (χ1) is 9.41. The first-order valence-electron chi connectivity index (χ1n) is 7.24. The van der Waals surface area contributed by atoms with E-state index >= 15 is 0 Å². The number of hydrogen-bond acceptors (Lipinski definition) is 4. The highest BCUT2D eigenvalue weighted by Crippen LogP contribution is 2.53. The summed E-state index contributed by atoms with van der Waals surface area (Å²) in [5.74, 6) is 0.0170. The summed E-state index contributed by atoms with van der Waals surface area (Å²) in [5, 5.41) is 4.18. The molecule has 0 aromatic carbocycles. The lowest BCUT2D eigenvalue weighted by molar-refractivity contribution is -0.243. The Bertz CT molecular complexity index is 516. The van der Waals surface area contributed by atoms with E-state index in [1.807, 2.05) is 14.0 Å². The van der Waals surface area contributed by atoms with Crippen LogP contribution in [-0.4, -0.2) is 34.6 Å². The fraction of sp³-hybridized carbons (Fsp3) is 0.733. The molecule has 5 heteroatoms. The monoisotopic (exact) mass is 278 g/mol. The van der Waals surface area contributed by atoms with Crippen LogP contribution in [0, 0.1) is 18.3 Å². The van der Waals surface area contributed by atoms with Gasteiger partial charge in [0.05, 0.1) is 6.10 Å². The molecule has 0 amide bonds. The number of hydrogen-bond donors (Lipinski definition) is 0. The highest BCUT2D eigenvalue weighted by atomic mass is 16.6. The second-order valence-electron chi connectivity index (χ2n) is 6.54. The molecule has 3 atom stereocenters. The van der Waals surface area contributed by atoms with Crippen molar-refractivity contribution >= 4 is 5.97 Å². The van der Waals surface area contributed by atoms with E-state index < -0.39 is 0 Å². The summed E-state index contributed by atoms with van der Waals surface area (Å²) in [6.07, 6.45) is 2.28. The number of nitrogens with zero attached hydrogens (tertiary/aromatic N) is 2. The fourth-order valence-corrected chi connectivity index (χ4v) is 3.55. The van der Waals surface area contributed by atoms with E-state index in [9.17, 15) is 4.79 Å². The van der Waals surface area contributed by atoms with Crippen molar-refractivity contribution in [1.29, 1.82) is 0 Å². The van der Waals surface area contributed by atoms with Crippen LogP contribution in [0.15, 0.2) is 6.07 Å². The largest absolute Gasteiger partial charge is 0.457 e. The number of aromatic nitrogens is 2. The number of carbonyl (C=O) groups excluding carboxylic acids is 1. The van der Waals surface area contributed by atoms with Crippen molar-refractivity contribution in [2.24, 2.45) is 18.4 Å². The molecule has 3 unspecified atom stereocenters.